The predicted molar refractivity (Wildman–Crippen MR) is 60.5 cm³/mol. The second-order valence-corrected chi connectivity index (χ2v) is 4.17. The summed E-state index contributed by atoms with van der Waals surface area (Å²) in [5.74, 6) is 2.17. The lowest BCUT2D eigenvalue weighted by atomic mass is 9.99. The Labute approximate surface area is 95.6 Å². The second-order valence-electron chi connectivity index (χ2n) is 4.17. The number of rotatable bonds is 3. The van der Waals surface area contributed by atoms with Crippen LogP contribution in [-0.4, -0.2) is 48.4 Å². The standard InChI is InChI=1S/C11H17N3O2/c1-4-5-12-8-9(15)14-7-6-13-10(16)11(14,2)3/h1,12H,5-8H2,2-3H3,(H,13,16). The first-order valence-electron chi connectivity index (χ1n) is 5.23. The molecule has 0 atom stereocenters. The molecule has 1 fully saturated rings. The van der Waals surface area contributed by atoms with Gasteiger partial charge < -0.3 is 10.2 Å². The molecule has 0 aliphatic carbocycles. The van der Waals surface area contributed by atoms with Crippen LogP contribution in [-0.2, 0) is 9.59 Å². The molecule has 5 nitrogen and oxygen atoms in total. The minimum absolute atomic E-state index is 0.102. The largest absolute Gasteiger partial charge is 0.352 e. The van der Waals surface area contributed by atoms with Gasteiger partial charge in [0.1, 0.15) is 5.54 Å². The van der Waals surface area contributed by atoms with E-state index in [2.05, 4.69) is 16.6 Å². The fourth-order valence-corrected chi connectivity index (χ4v) is 1.67. The summed E-state index contributed by atoms with van der Waals surface area (Å²) in [6.07, 6.45) is 5.07. The molecular formula is C11H17N3O2. The predicted octanol–water partition coefficient (Wildman–Crippen LogP) is -1.05. The summed E-state index contributed by atoms with van der Waals surface area (Å²) in [7, 11) is 0. The van der Waals surface area contributed by atoms with Gasteiger partial charge in [0.15, 0.2) is 0 Å². The van der Waals surface area contributed by atoms with Crippen molar-refractivity contribution in [2.45, 2.75) is 19.4 Å². The molecule has 5 heteroatoms. The molecule has 1 aliphatic rings. The molecule has 1 heterocycles. The van der Waals surface area contributed by atoms with E-state index in [0.717, 1.165) is 0 Å². The molecule has 0 saturated carbocycles. The van der Waals surface area contributed by atoms with Crippen LogP contribution in [0.3, 0.4) is 0 Å². The summed E-state index contributed by atoms with van der Waals surface area (Å²) < 4.78 is 0. The molecule has 0 bridgehead atoms. The first-order chi connectivity index (χ1) is 7.50. The number of nitrogens with zero attached hydrogens (tertiary/aromatic N) is 1. The van der Waals surface area contributed by atoms with Gasteiger partial charge in [-0.1, -0.05) is 5.92 Å². The number of hydrogen-bond acceptors (Lipinski definition) is 3. The normalized spacial score (nSPS) is 18.8. The number of amides is 2. The number of hydrogen-bond donors (Lipinski definition) is 2. The van der Waals surface area contributed by atoms with E-state index in [0.29, 0.717) is 19.6 Å². The molecule has 0 radical (unpaired) electrons. The zero-order valence-corrected chi connectivity index (χ0v) is 9.67. The van der Waals surface area contributed by atoms with Crippen LogP contribution in [0, 0.1) is 12.3 Å². The molecule has 0 unspecified atom stereocenters. The maximum absolute atomic E-state index is 11.8. The summed E-state index contributed by atoms with van der Waals surface area (Å²) >= 11 is 0. The van der Waals surface area contributed by atoms with Crippen molar-refractivity contribution in [2.75, 3.05) is 26.2 Å². The van der Waals surface area contributed by atoms with Crippen LogP contribution in [0.2, 0.25) is 0 Å². The van der Waals surface area contributed by atoms with Gasteiger partial charge in [-0.3, -0.25) is 14.9 Å². The molecule has 0 aromatic heterocycles. The highest BCUT2D eigenvalue weighted by molar-refractivity contribution is 5.92. The third-order valence-corrected chi connectivity index (χ3v) is 2.66. The molecule has 0 aromatic rings. The summed E-state index contributed by atoms with van der Waals surface area (Å²) in [6.45, 7) is 5.03. The van der Waals surface area contributed by atoms with E-state index in [4.69, 9.17) is 6.42 Å². The highest BCUT2D eigenvalue weighted by Crippen LogP contribution is 2.17. The van der Waals surface area contributed by atoms with E-state index in [1.807, 2.05) is 0 Å². The number of carbonyl (C=O) groups is 2. The summed E-state index contributed by atoms with van der Waals surface area (Å²) in [6, 6.07) is 0. The molecular weight excluding hydrogens is 206 g/mol. The molecule has 2 amide bonds. The molecule has 1 aliphatic heterocycles. The second kappa shape index (κ2) is 4.99. The van der Waals surface area contributed by atoms with Crippen LogP contribution in [0.5, 0.6) is 0 Å². The first kappa shape index (κ1) is 12.5. The highest BCUT2D eigenvalue weighted by Gasteiger charge is 2.39. The maximum Gasteiger partial charge on any atom is 0.245 e. The van der Waals surface area contributed by atoms with Crippen molar-refractivity contribution in [3.05, 3.63) is 0 Å². The third-order valence-electron chi connectivity index (χ3n) is 2.66. The van der Waals surface area contributed by atoms with Crippen LogP contribution in [0.1, 0.15) is 13.8 Å². The van der Waals surface area contributed by atoms with E-state index in [9.17, 15) is 9.59 Å². The number of nitrogens with one attached hydrogen (secondary N) is 2. The van der Waals surface area contributed by atoms with Crippen molar-refractivity contribution in [3.63, 3.8) is 0 Å². The monoisotopic (exact) mass is 223 g/mol. The first-order valence-corrected chi connectivity index (χ1v) is 5.23. The number of terminal acetylenes is 1. The summed E-state index contributed by atoms with van der Waals surface area (Å²) in [5, 5.41) is 5.56. The van der Waals surface area contributed by atoms with E-state index in [-0.39, 0.29) is 18.4 Å². The van der Waals surface area contributed by atoms with Gasteiger partial charge in [0.05, 0.1) is 13.1 Å². The molecule has 1 rings (SSSR count). The van der Waals surface area contributed by atoms with Gasteiger partial charge in [0.25, 0.3) is 0 Å². The molecule has 0 aromatic carbocycles. The lowest BCUT2D eigenvalue weighted by Crippen LogP contribution is -2.64. The topological polar surface area (TPSA) is 61.4 Å². The van der Waals surface area contributed by atoms with Crippen LogP contribution in [0.4, 0.5) is 0 Å². The van der Waals surface area contributed by atoms with Gasteiger partial charge in [0.2, 0.25) is 11.8 Å². The van der Waals surface area contributed by atoms with Gasteiger partial charge in [-0.2, -0.15) is 0 Å². The van der Waals surface area contributed by atoms with Crippen LogP contribution in [0.25, 0.3) is 0 Å². The minimum atomic E-state index is -0.785. The van der Waals surface area contributed by atoms with E-state index in [1.54, 1.807) is 18.7 Å². The Hall–Kier alpha value is -1.54. The Bertz CT molecular complexity index is 331. The van der Waals surface area contributed by atoms with E-state index < -0.39 is 5.54 Å². The number of piperazine rings is 1. The molecule has 88 valence electrons. The molecule has 2 N–H and O–H groups in total. The molecule has 1 saturated heterocycles. The summed E-state index contributed by atoms with van der Waals surface area (Å²) in [4.78, 5) is 25.0. The Balaban J connectivity index is 2.61. The summed E-state index contributed by atoms with van der Waals surface area (Å²) in [5.41, 5.74) is -0.785. The Kier molecular flexibility index (Phi) is 3.91. The quantitative estimate of drug-likeness (QED) is 0.474. The van der Waals surface area contributed by atoms with Crippen molar-refractivity contribution in [1.29, 1.82) is 0 Å². The van der Waals surface area contributed by atoms with Gasteiger partial charge in [-0.05, 0) is 13.8 Å². The fourth-order valence-electron chi connectivity index (χ4n) is 1.67. The van der Waals surface area contributed by atoms with Crippen LogP contribution in [0.15, 0.2) is 0 Å². The Morgan fingerprint density at radius 1 is 1.69 bits per heavy atom. The molecule has 16 heavy (non-hydrogen) atoms. The van der Waals surface area contributed by atoms with Gasteiger partial charge in [-0.15, -0.1) is 6.42 Å². The van der Waals surface area contributed by atoms with Crippen molar-refractivity contribution in [3.8, 4) is 12.3 Å². The smallest absolute Gasteiger partial charge is 0.245 e. The van der Waals surface area contributed by atoms with E-state index >= 15 is 0 Å². The van der Waals surface area contributed by atoms with Gasteiger partial charge in [0, 0.05) is 13.1 Å². The highest BCUT2D eigenvalue weighted by atomic mass is 16.2. The van der Waals surface area contributed by atoms with Gasteiger partial charge >= 0.3 is 0 Å². The average molecular weight is 223 g/mol. The number of carbonyl (C=O) groups excluding carboxylic acids is 2. The van der Waals surface area contributed by atoms with Crippen molar-refractivity contribution >= 4 is 11.8 Å². The lowest BCUT2D eigenvalue weighted by Gasteiger charge is -2.41. The Morgan fingerprint density at radius 2 is 2.38 bits per heavy atom. The average Bonchev–Trinajstić information content (AvgIpc) is 2.22. The van der Waals surface area contributed by atoms with Crippen LogP contribution < -0.4 is 10.6 Å². The zero-order chi connectivity index (χ0) is 12.2. The van der Waals surface area contributed by atoms with Gasteiger partial charge in [-0.25, -0.2) is 0 Å². The van der Waals surface area contributed by atoms with Crippen molar-refractivity contribution < 1.29 is 9.59 Å². The zero-order valence-electron chi connectivity index (χ0n) is 9.67. The van der Waals surface area contributed by atoms with Crippen molar-refractivity contribution in [2.24, 2.45) is 0 Å². The Morgan fingerprint density at radius 3 is 3.00 bits per heavy atom. The SMILES string of the molecule is C#CCNCC(=O)N1CCNC(=O)C1(C)C. The maximum atomic E-state index is 11.8. The van der Waals surface area contributed by atoms with Crippen molar-refractivity contribution in [1.82, 2.24) is 15.5 Å². The lowest BCUT2D eigenvalue weighted by molar-refractivity contribution is -0.148. The third kappa shape index (κ3) is 2.52. The minimum Gasteiger partial charge on any atom is -0.352 e. The molecule has 0 spiro atoms. The van der Waals surface area contributed by atoms with Crippen LogP contribution >= 0.6 is 0 Å². The van der Waals surface area contributed by atoms with E-state index in [1.165, 1.54) is 0 Å². The fraction of sp³-hybridized carbons (Fsp3) is 0.636.